The van der Waals surface area contributed by atoms with Gasteiger partial charge in [0.25, 0.3) is 0 Å². The van der Waals surface area contributed by atoms with Crippen molar-refractivity contribution in [2.24, 2.45) is 0 Å². The van der Waals surface area contributed by atoms with E-state index in [9.17, 15) is 5.11 Å². The van der Waals surface area contributed by atoms with E-state index in [1.54, 1.807) is 13.8 Å². The van der Waals surface area contributed by atoms with Crippen LogP contribution in [0, 0.1) is 0 Å². The van der Waals surface area contributed by atoms with Gasteiger partial charge in [-0.05, 0) is 78.1 Å². The van der Waals surface area contributed by atoms with Crippen molar-refractivity contribution in [1.82, 2.24) is 0 Å². The third-order valence-corrected chi connectivity index (χ3v) is 10.5. The van der Waals surface area contributed by atoms with Gasteiger partial charge in [0.05, 0.1) is 5.60 Å². The molecule has 0 atom stereocenters. The van der Waals surface area contributed by atoms with Crippen LogP contribution in [0.5, 0.6) is 0 Å². The molecule has 0 aliphatic heterocycles. The monoisotopic (exact) mass is 742 g/mol. The van der Waals surface area contributed by atoms with Crippen molar-refractivity contribution >= 4 is 75.7 Å². The fourth-order valence-corrected chi connectivity index (χ4v) is 7.91. The molecule has 232 valence electrons. The Hall–Kier alpha value is -4.16. The Morgan fingerprint density at radius 1 is 0.553 bits per heavy atom. The molecular weight excluding hydrogens is 712 g/mol. The minimum absolute atomic E-state index is 0.0123. The van der Waals surface area contributed by atoms with Crippen molar-refractivity contribution < 1.29 is 13.9 Å². The first-order chi connectivity index (χ1) is 22.5. The van der Waals surface area contributed by atoms with Gasteiger partial charge in [0, 0.05) is 47.0 Å². The van der Waals surface area contributed by atoms with Crippen LogP contribution in [-0.4, -0.2) is 5.11 Å². The second kappa shape index (κ2) is 10.9. The molecule has 0 radical (unpaired) electrons. The molecule has 0 amide bonds. The highest BCUT2D eigenvalue weighted by atomic mass is 79.9. The molecule has 2 heterocycles. The van der Waals surface area contributed by atoms with Crippen LogP contribution in [0.25, 0.3) is 66.1 Å². The predicted molar refractivity (Wildman–Crippen MR) is 201 cm³/mol. The second-order valence-corrected chi connectivity index (χ2v) is 15.1. The number of benzene rings is 6. The van der Waals surface area contributed by atoms with Crippen molar-refractivity contribution in [3.05, 3.63) is 141 Å². The number of fused-ring (bicyclic) bond motifs is 10. The number of rotatable bonds is 2. The molecule has 1 aliphatic carbocycles. The Bertz CT molecular complexity index is 2510. The zero-order valence-corrected chi connectivity index (χ0v) is 29.7. The Kier molecular flexibility index (Phi) is 7.03. The number of hydrogen-bond donors (Lipinski definition) is 1. The summed E-state index contributed by atoms with van der Waals surface area (Å²) >= 11 is 7.12. The zero-order chi connectivity index (χ0) is 32.7. The smallest absolute Gasteiger partial charge is 0.143 e. The highest BCUT2D eigenvalue weighted by Crippen LogP contribution is 2.53. The van der Waals surface area contributed by atoms with E-state index in [4.69, 9.17) is 8.83 Å². The van der Waals surface area contributed by atoms with Crippen molar-refractivity contribution in [2.45, 2.75) is 38.7 Å². The van der Waals surface area contributed by atoms with Crippen LogP contribution < -0.4 is 0 Å². The molecule has 1 N–H and O–H groups in total. The minimum Gasteiger partial charge on any atom is -0.455 e. The van der Waals surface area contributed by atoms with Gasteiger partial charge in [-0.1, -0.05) is 125 Å². The average molecular weight is 745 g/mol. The summed E-state index contributed by atoms with van der Waals surface area (Å²) in [6, 6.07) is 39.5. The summed E-state index contributed by atoms with van der Waals surface area (Å²) < 4.78 is 14.5. The summed E-state index contributed by atoms with van der Waals surface area (Å²) in [6.07, 6.45) is 0. The number of para-hydroxylation sites is 3. The van der Waals surface area contributed by atoms with Crippen LogP contribution in [0.15, 0.2) is 133 Å². The van der Waals surface area contributed by atoms with Crippen molar-refractivity contribution in [2.75, 3.05) is 0 Å². The molecule has 1 aliphatic rings. The number of furan rings is 2. The normalized spacial score (nSPS) is 13.6. The molecule has 0 unspecified atom stereocenters. The maximum absolute atomic E-state index is 10.6. The lowest BCUT2D eigenvalue weighted by Crippen LogP contribution is -2.16. The summed E-state index contributed by atoms with van der Waals surface area (Å²) in [5.41, 5.74) is 10.8. The van der Waals surface area contributed by atoms with E-state index >= 15 is 0 Å². The third-order valence-electron chi connectivity index (χ3n) is 9.48. The standard InChI is InChI=1S/C21H17BrO2.C21H15BrO/c1-21(2,23)18-12-13(22)10-11-14(18)16-7-5-8-17-15-6-3-4-9-19(15)24-20(16)17;1-21(2)16-10-9-14-13-5-3-4-6-18(13)23-20(14)19(16)15-8-7-12(22)11-17(15)21/h3-12,23H,1-2H3;3-11H,1-2H3. The van der Waals surface area contributed by atoms with E-state index in [1.165, 1.54) is 33.0 Å². The van der Waals surface area contributed by atoms with Gasteiger partial charge in [0.15, 0.2) is 0 Å². The largest absolute Gasteiger partial charge is 0.455 e. The lowest BCUT2D eigenvalue weighted by atomic mass is 9.82. The van der Waals surface area contributed by atoms with E-state index in [2.05, 4.69) is 100 Å². The molecule has 2 aromatic heterocycles. The van der Waals surface area contributed by atoms with E-state index in [1.807, 2.05) is 60.7 Å². The van der Waals surface area contributed by atoms with E-state index in [-0.39, 0.29) is 5.41 Å². The Labute approximate surface area is 290 Å². The maximum atomic E-state index is 10.6. The molecular formula is C42H32Br2O3. The van der Waals surface area contributed by atoms with Crippen LogP contribution in [-0.2, 0) is 11.0 Å². The minimum atomic E-state index is -0.951. The lowest BCUT2D eigenvalue weighted by Gasteiger charge is -2.22. The third kappa shape index (κ3) is 4.86. The molecule has 9 rings (SSSR count). The van der Waals surface area contributed by atoms with Gasteiger partial charge in [0.1, 0.15) is 22.3 Å². The van der Waals surface area contributed by atoms with Crippen LogP contribution in [0.4, 0.5) is 0 Å². The van der Waals surface area contributed by atoms with Gasteiger partial charge < -0.3 is 13.9 Å². The summed E-state index contributed by atoms with van der Waals surface area (Å²) in [4.78, 5) is 0. The highest BCUT2D eigenvalue weighted by Gasteiger charge is 2.37. The summed E-state index contributed by atoms with van der Waals surface area (Å²) in [5.74, 6) is 0. The van der Waals surface area contributed by atoms with E-state index in [0.717, 1.165) is 58.7 Å². The van der Waals surface area contributed by atoms with Crippen molar-refractivity contribution in [3.63, 3.8) is 0 Å². The maximum Gasteiger partial charge on any atom is 0.143 e. The van der Waals surface area contributed by atoms with Gasteiger partial charge in [-0.2, -0.15) is 0 Å². The van der Waals surface area contributed by atoms with Crippen LogP contribution >= 0.6 is 31.9 Å². The summed E-state index contributed by atoms with van der Waals surface area (Å²) in [5, 5.41) is 15.2. The Morgan fingerprint density at radius 3 is 1.81 bits per heavy atom. The number of hydrogen-bond acceptors (Lipinski definition) is 3. The summed E-state index contributed by atoms with van der Waals surface area (Å²) in [6.45, 7) is 8.19. The fourth-order valence-electron chi connectivity index (χ4n) is 7.19. The van der Waals surface area contributed by atoms with Gasteiger partial charge in [-0.25, -0.2) is 0 Å². The quantitative estimate of drug-likeness (QED) is 0.192. The molecule has 8 aromatic rings. The van der Waals surface area contributed by atoms with Crippen LogP contribution in [0.3, 0.4) is 0 Å². The Balaban J connectivity index is 0.000000138. The summed E-state index contributed by atoms with van der Waals surface area (Å²) in [7, 11) is 0. The highest BCUT2D eigenvalue weighted by molar-refractivity contribution is 9.10. The lowest BCUT2D eigenvalue weighted by molar-refractivity contribution is 0.0791. The van der Waals surface area contributed by atoms with Crippen molar-refractivity contribution in [1.29, 1.82) is 0 Å². The van der Waals surface area contributed by atoms with Gasteiger partial charge in [0.2, 0.25) is 0 Å². The van der Waals surface area contributed by atoms with Crippen LogP contribution in [0.2, 0.25) is 0 Å². The van der Waals surface area contributed by atoms with E-state index < -0.39 is 5.60 Å². The molecule has 0 spiro atoms. The molecule has 5 heteroatoms. The zero-order valence-electron chi connectivity index (χ0n) is 26.5. The van der Waals surface area contributed by atoms with Crippen LogP contribution in [0.1, 0.15) is 44.4 Å². The number of halogens is 2. The predicted octanol–water partition coefficient (Wildman–Crippen LogP) is 12.9. The van der Waals surface area contributed by atoms with E-state index in [0.29, 0.717) is 0 Å². The molecule has 0 saturated carbocycles. The van der Waals surface area contributed by atoms with Gasteiger partial charge in [-0.15, -0.1) is 0 Å². The second-order valence-electron chi connectivity index (χ2n) is 13.3. The molecule has 47 heavy (non-hydrogen) atoms. The first-order valence-electron chi connectivity index (χ1n) is 15.7. The fraction of sp³-hybridized carbons (Fsp3) is 0.143. The van der Waals surface area contributed by atoms with Gasteiger partial charge >= 0.3 is 0 Å². The average Bonchev–Trinajstić information content (AvgIpc) is 3.69. The molecule has 3 nitrogen and oxygen atoms in total. The van der Waals surface area contributed by atoms with Gasteiger partial charge in [-0.3, -0.25) is 0 Å². The first-order valence-corrected chi connectivity index (χ1v) is 17.3. The topological polar surface area (TPSA) is 46.5 Å². The molecule has 0 saturated heterocycles. The molecule has 6 aromatic carbocycles. The SMILES string of the molecule is CC(C)(O)c1cc(Br)ccc1-c1cccc2c1oc1ccccc12.CC1(C)c2cc(Br)ccc2-c2c1ccc1c2oc2ccccc21. The Morgan fingerprint density at radius 2 is 1.13 bits per heavy atom. The van der Waals surface area contributed by atoms with Crippen molar-refractivity contribution in [3.8, 4) is 22.3 Å². The number of aliphatic hydroxyl groups is 1. The molecule has 0 bridgehead atoms. The molecule has 0 fully saturated rings. The first kappa shape index (κ1) is 30.2.